The molecule has 2 aromatic heterocycles. The molecule has 15 heavy (non-hydrogen) atoms. The van der Waals surface area contributed by atoms with E-state index < -0.39 is 0 Å². The summed E-state index contributed by atoms with van der Waals surface area (Å²) in [5.41, 5.74) is 1.14. The first-order valence-electron chi connectivity index (χ1n) is 4.70. The highest BCUT2D eigenvalue weighted by Crippen LogP contribution is 2.21. The Kier molecular flexibility index (Phi) is 2.68. The van der Waals surface area contributed by atoms with E-state index in [0.29, 0.717) is 0 Å². The van der Waals surface area contributed by atoms with Crippen LogP contribution in [0.1, 0.15) is 23.5 Å². The minimum absolute atomic E-state index is 0.200. The molecule has 0 spiro atoms. The Bertz CT molecular complexity index is 447. The van der Waals surface area contributed by atoms with Gasteiger partial charge in [0.15, 0.2) is 0 Å². The van der Waals surface area contributed by atoms with Gasteiger partial charge in [0.05, 0.1) is 12.2 Å². The smallest absolute Gasteiger partial charge is 0.206 e. The predicted octanol–water partition coefficient (Wildman–Crippen LogP) is 1.75. The second kappa shape index (κ2) is 3.98. The van der Waals surface area contributed by atoms with Gasteiger partial charge in [-0.1, -0.05) is 11.3 Å². The molecule has 0 radical (unpaired) electrons. The molecule has 5 nitrogen and oxygen atoms in total. The summed E-state index contributed by atoms with van der Waals surface area (Å²) in [6, 6.07) is 0.200. The molecule has 6 heteroatoms. The van der Waals surface area contributed by atoms with Gasteiger partial charge < -0.3 is 5.32 Å². The Balaban J connectivity index is 2.06. The van der Waals surface area contributed by atoms with E-state index in [1.54, 1.807) is 16.0 Å². The minimum Gasteiger partial charge on any atom is -0.353 e. The Labute approximate surface area is 92.2 Å². The molecule has 0 aliphatic carbocycles. The number of hydrogen-bond acceptors (Lipinski definition) is 5. The third-order valence-corrected chi connectivity index (χ3v) is 2.86. The summed E-state index contributed by atoms with van der Waals surface area (Å²) in [4.78, 5) is 0. The molecular formula is C9H13N5S. The zero-order valence-electron chi connectivity index (χ0n) is 8.93. The third kappa shape index (κ3) is 2.33. The maximum absolute atomic E-state index is 4.13. The highest BCUT2D eigenvalue weighted by Gasteiger charge is 2.09. The fraction of sp³-hybridized carbons (Fsp3) is 0.444. The number of anilines is 1. The molecule has 2 rings (SSSR count). The van der Waals surface area contributed by atoms with Gasteiger partial charge in [-0.15, -0.1) is 10.2 Å². The average molecular weight is 223 g/mol. The molecule has 0 bridgehead atoms. The lowest BCUT2D eigenvalue weighted by Gasteiger charge is -2.09. The molecule has 1 atom stereocenters. The van der Waals surface area contributed by atoms with Gasteiger partial charge in [-0.2, -0.15) is 5.10 Å². The molecule has 0 aromatic carbocycles. The van der Waals surface area contributed by atoms with Crippen molar-refractivity contribution in [3.05, 3.63) is 23.0 Å². The molecule has 2 aromatic rings. The van der Waals surface area contributed by atoms with Crippen LogP contribution < -0.4 is 5.32 Å². The first-order valence-corrected chi connectivity index (χ1v) is 5.52. The molecule has 0 saturated heterocycles. The monoisotopic (exact) mass is 223 g/mol. The Morgan fingerprint density at radius 2 is 2.27 bits per heavy atom. The van der Waals surface area contributed by atoms with Crippen LogP contribution >= 0.6 is 11.3 Å². The van der Waals surface area contributed by atoms with Crippen LogP contribution in [0.25, 0.3) is 0 Å². The molecule has 0 fully saturated rings. The second-order valence-electron chi connectivity index (χ2n) is 3.44. The van der Waals surface area contributed by atoms with E-state index in [4.69, 9.17) is 0 Å². The first-order chi connectivity index (χ1) is 7.15. The molecule has 0 amide bonds. The number of aromatic nitrogens is 4. The molecule has 0 aliphatic rings. The van der Waals surface area contributed by atoms with E-state index in [2.05, 4.69) is 27.5 Å². The van der Waals surface area contributed by atoms with Crippen molar-refractivity contribution < 1.29 is 0 Å². The van der Waals surface area contributed by atoms with Crippen LogP contribution in [0.5, 0.6) is 0 Å². The molecule has 0 saturated carbocycles. The Hall–Kier alpha value is -1.43. The van der Waals surface area contributed by atoms with Crippen LogP contribution in [0.3, 0.4) is 0 Å². The fourth-order valence-corrected chi connectivity index (χ4v) is 1.97. The molecule has 1 N–H and O–H groups in total. The van der Waals surface area contributed by atoms with Crippen LogP contribution in [0.15, 0.2) is 12.4 Å². The Morgan fingerprint density at radius 3 is 2.80 bits per heavy atom. The van der Waals surface area contributed by atoms with Crippen molar-refractivity contribution in [2.24, 2.45) is 7.05 Å². The van der Waals surface area contributed by atoms with Crippen molar-refractivity contribution in [1.29, 1.82) is 0 Å². The largest absolute Gasteiger partial charge is 0.353 e. The van der Waals surface area contributed by atoms with Crippen LogP contribution in [0, 0.1) is 6.92 Å². The predicted molar refractivity (Wildman–Crippen MR) is 59.9 cm³/mol. The first kappa shape index (κ1) is 10.1. The van der Waals surface area contributed by atoms with Crippen molar-refractivity contribution >= 4 is 16.5 Å². The van der Waals surface area contributed by atoms with Crippen molar-refractivity contribution in [3.63, 3.8) is 0 Å². The summed E-state index contributed by atoms with van der Waals surface area (Å²) in [5.74, 6) is 0. The van der Waals surface area contributed by atoms with Gasteiger partial charge in [-0.25, -0.2) is 0 Å². The SMILES string of the molecule is Cc1nnc(NC(C)c2cnn(C)c2)s1. The highest BCUT2D eigenvalue weighted by molar-refractivity contribution is 7.15. The maximum Gasteiger partial charge on any atom is 0.206 e. The maximum atomic E-state index is 4.13. The Morgan fingerprint density at radius 1 is 1.47 bits per heavy atom. The van der Waals surface area contributed by atoms with Crippen molar-refractivity contribution in [2.45, 2.75) is 19.9 Å². The normalized spacial score (nSPS) is 12.7. The third-order valence-electron chi connectivity index (χ3n) is 2.09. The van der Waals surface area contributed by atoms with E-state index >= 15 is 0 Å². The quantitative estimate of drug-likeness (QED) is 0.861. The number of rotatable bonds is 3. The molecule has 80 valence electrons. The van der Waals surface area contributed by atoms with Crippen LogP contribution in [0.4, 0.5) is 5.13 Å². The summed E-state index contributed by atoms with van der Waals surface area (Å²) in [7, 11) is 1.91. The van der Waals surface area contributed by atoms with E-state index in [-0.39, 0.29) is 6.04 Å². The highest BCUT2D eigenvalue weighted by atomic mass is 32.1. The van der Waals surface area contributed by atoms with Crippen LogP contribution in [0.2, 0.25) is 0 Å². The van der Waals surface area contributed by atoms with E-state index in [1.807, 2.05) is 26.4 Å². The number of aryl methyl sites for hydroxylation is 2. The van der Waals surface area contributed by atoms with Crippen LogP contribution in [-0.2, 0) is 7.05 Å². The number of nitrogens with one attached hydrogen (secondary N) is 1. The molecule has 0 aliphatic heterocycles. The number of nitrogens with zero attached hydrogens (tertiary/aromatic N) is 4. The van der Waals surface area contributed by atoms with Gasteiger partial charge in [0, 0.05) is 18.8 Å². The van der Waals surface area contributed by atoms with E-state index in [9.17, 15) is 0 Å². The summed E-state index contributed by atoms with van der Waals surface area (Å²) in [5, 5.41) is 17.2. The zero-order chi connectivity index (χ0) is 10.8. The fourth-order valence-electron chi connectivity index (χ4n) is 1.29. The van der Waals surface area contributed by atoms with Crippen LogP contribution in [-0.4, -0.2) is 20.0 Å². The summed E-state index contributed by atoms with van der Waals surface area (Å²) >= 11 is 1.56. The van der Waals surface area contributed by atoms with Gasteiger partial charge in [-0.3, -0.25) is 4.68 Å². The van der Waals surface area contributed by atoms with Gasteiger partial charge in [0.2, 0.25) is 5.13 Å². The topological polar surface area (TPSA) is 55.6 Å². The summed E-state index contributed by atoms with van der Waals surface area (Å²) < 4.78 is 1.79. The van der Waals surface area contributed by atoms with Gasteiger partial charge in [0.1, 0.15) is 5.01 Å². The lowest BCUT2D eigenvalue weighted by atomic mass is 10.2. The van der Waals surface area contributed by atoms with Gasteiger partial charge >= 0.3 is 0 Å². The van der Waals surface area contributed by atoms with Gasteiger partial charge in [-0.05, 0) is 13.8 Å². The lowest BCUT2D eigenvalue weighted by molar-refractivity contribution is 0.765. The number of hydrogen-bond donors (Lipinski definition) is 1. The standard InChI is InChI=1S/C9H13N5S/c1-6(8-4-10-14(3)5-8)11-9-13-12-7(2)15-9/h4-6H,1-3H3,(H,11,13). The molecular weight excluding hydrogens is 210 g/mol. The van der Waals surface area contributed by atoms with E-state index in [0.717, 1.165) is 15.7 Å². The van der Waals surface area contributed by atoms with E-state index in [1.165, 1.54) is 0 Å². The van der Waals surface area contributed by atoms with Crippen molar-refractivity contribution in [1.82, 2.24) is 20.0 Å². The molecule has 1 unspecified atom stereocenters. The zero-order valence-corrected chi connectivity index (χ0v) is 9.75. The van der Waals surface area contributed by atoms with Gasteiger partial charge in [0.25, 0.3) is 0 Å². The van der Waals surface area contributed by atoms with Crippen molar-refractivity contribution in [3.8, 4) is 0 Å². The second-order valence-corrected chi connectivity index (χ2v) is 4.62. The van der Waals surface area contributed by atoms with Crippen molar-refractivity contribution in [2.75, 3.05) is 5.32 Å². The molecule has 2 heterocycles. The summed E-state index contributed by atoms with van der Waals surface area (Å²) in [6.07, 6.45) is 3.84. The minimum atomic E-state index is 0.200. The average Bonchev–Trinajstić information content (AvgIpc) is 2.75. The lowest BCUT2D eigenvalue weighted by Crippen LogP contribution is -2.05. The summed E-state index contributed by atoms with van der Waals surface area (Å²) in [6.45, 7) is 4.02.